The van der Waals surface area contributed by atoms with Crippen LogP contribution in [0.3, 0.4) is 0 Å². The van der Waals surface area contributed by atoms with Crippen LogP contribution in [0.15, 0.2) is 48.7 Å². The van der Waals surface area contributed by atoms with Crippen molar-refractivity contribution in [3.8, 4) is 34.3 Å². The fourth-order valence-corrected chi connectivity index (χ4v) is 2.23. The molecule has 0 saturated carbocycles. The van der Waals surface area contributed by atoms with Crippen molar-refractivity contribution in [1.29, 1.82) is 0 Å². The first-order valence-corrected chi connectivity index (χ1v) is 7.01. The number of nitrogens with zero attached hydrogens (tertiary/aromatic N) is 1. The third-order valence-electron chi connectivity index (χ3n) is 3.37. The van der Waals surface area contributed by atoms with Gasteiger partial charge in [-0.3, -0.25) is 5.10 Å². The maximum atomic E-state index is 11.8. The van der Waals surface area contributed by atoms with Crippen LogP contribution in [0.25, 0.3) is 11.3 Å². The molecule has 0 atom stereocenters. The van der Waals surface area contributed by atoms with E-state index in [1.165, 1.54) is 31.5 Å². The third kappa shape index (κ3) is 2.87. The molecule has 0 aliphatic heterocycles. The van der Waals surface area contributed by atoms with Crippen molar-refractivity contribution in [3.05, 3.63) is 54.2 Å². The van der Waals surface area contributed by atoms with Gasteiger partial charge in [0.2, 0.25) is 0 Å². The van der Waals surface area contributed by atoms with Gasteiger partial charge in [-0.2, -0.15) is 5.10 Å². The van der Waals surface area contributed by atoms with Gasteiger partial charge in [0.15, 0.2) is 5.75 Å². The molecule has 7 heteroatoms. The quantitative estimate of drug-likeness (QED) is 0.636. The van der Waals surface area contributed by atoms with E-state index >= 15 is 0 Å². The van der Waals surface area contributed by atoms with Gasteiger partial charge < -0.3 is 19.7 Å². The zero-order chi connectivity index (χ0) is 17.1. The Labute approximate surface area is 137 Å². The Bertz CT molecular complexity index is 888. The number of hydrogen-bond donors (Lipinski definition) is 3. The second kappa shape index (κ2) is 6.33. The molecule has 0 radical (unpaired) electrons. The summed E-state index contributed by atoms with van der Waals surface area (Å²) in [6.07, 6.45) is 1.43. The largest absolute Gasteiger partial charge is 0.508 e. The molecule has 1 heterocycles. The lowest BCUT2D eigenvalue weighted by atomic mass is 10.1. The standard InChI is InChI=1S/C17H14N2O5/c1-23-17(22)12-4-2-3-5-14(12)24-15-9-18-19-16(15)11-7-6-10(20)8-13(11)21/h2-9,20-21H,1H3,(H,18,19). The normalized spacial score (nSPS) is 10.4. The van der Waals surface area contributed by atoms with Crippen molar-refractivity contribution in [3.63, 3.8) is 0 Å². The summed E-state index contributed by atoms with van der Waals surface area (Å²) in [6.45, 7) is 0. The van der Waals surface area contributed by atoms with Crippen molar-refractivity contribution in [2.75, 3.05) is 7.11 Å². The van der Waals surface area contributed by atoms with E-state index in [2.05, 4.69) is 10.2 Å². The number of ether oxygens (including phenoxy) is 2. The van der Waals surface area contributed by atoms with Crippen LogP contribution in [-0.2, 0) is 4.74 Å². The molecule has 0 amide bonds. The molecule has 2 aromatic carbocycles. The number of hydrogen-bond acceptors (Lipinski definition) is 6. The lowest BCUT2D eigenvalue weighted by Gasteiger charge is -2.10. The zero-order valence-corrected chi connectivity index (χ0v) is 12.7. The Balaban J connectivity index is 1.99. The number of esters is 1. The van der Waals surface area contributed by atoms with Crippen molar-refractivity contribution >= 4 is 5.97 Å². The molecule has 122 valence electrons. The summed E-state index contributed by atoms with van der Waals surface area (Å²) < 4.78 is 10.5. The number of nitrogens with one attached hydrogen (secondary N) is 1. The molecule has 0 aliphatic rings. The first-order chi connectivity index (χ1) is 11.6. The van der Waals surface area contributed by atoms with Crippen LogP contribution in [0.2, 0.25) is 0 Å². The molecule has 0 fully saturated rings. The van der Waals surface area contributed by atoms with Crippen molar-refractivity contribution < 1.29 is 24.5 Å². The average Bonchev–Trinajstić information content (AvgIpc) is 3.02. The molecule has 1 aromatic heterocycles. The predicted molar refractivity (Wildman–Crippen MR) is 85.2 cm³/mol. The van der Waals surface area contributed by atoms with E-state index in [0.717, 1.165) is 0 Å². The van der Waals surface area contributed by atoms with Gasteiger partial charge in [-0.25, -0.2) is 4.79 Å². The Morgan fingerprint density at radius 1 is 1.12 bits per heavy atom. The highest BCUT2D eigenvalue weighted by Crippen LogP contribution is 2.38. The average molecular weight is 326 g/mol. The molecule has 3 rings (SSSR count). The fraction of sp³-hybridized carbons (Fsp3) is 0.0588. The second-order valence-corrected chi connectivity index (χ2v) is 4.90. The molecule has 0 saturated heterocycles. The van der Waals surface area contributed by atoms with Crippen LogP contribution in [0, 0.1) is 0 Å². The minimum atomic E-state index is -0.525. The Kier molecular flexibility index (Phi) is 4.07. The fourth-order valence-electron chi connectivity index (χ4n) is 2.23. The SMILES string of the molecule is COC(=O)c1ccccc1Oc1cn[nH]c1-c1ccc(O)cc1O. The van der Waals surface area contributed by atoms with Crippen molar-refractivity contribution in [1.82, 2.24) is 10.2 Å². The lowest BCUT2D eigenvalue weighted by molar-refractivity contribution is 0.0598. The number of aromatic hydroxyl groups is 2. The van der Waals surface area contributed by atoms with Gasteiger partial charge in [-0.05, 0) is 24.3 Å². The summed E-state index contributed by atoms with van der Waals surface area (Å²) >= 11 is 0. The van der Waals surface area contributed by atoms with Crippen LogP contribution >= 0.6 is 0 Å². The molecule has 3 N–H and O–H groups in total. The minimum absolute atomic E-state index is 0.0609. The monoisotopic (exact) mass is 326 g/mol. The summed E-state index contributed by atoms with van der Waals surface area (Å²) in [5.74, 6) is -0.111. The summed E-state index contributed by atoms with van der Waals surface area (Å²) in [5, 5.41) is 26.0. The molecular weight excluding hydrogens is 312 g/mol. The van der Waals surface area contributed by atoms with E-state index in [9.17, 15) is 15.0 Å². The lowest BCUT2D eigenvalue weighted by Crippen LogP contribution is -2.03. The summed E-state index contributed by atoms with van der Waals surface area (Å²) in [5.41, 5.74) is 1.07. The number of aromatic nitrogens is 2. The van der Waals surface area contributed by atoms with E-state index in [1.54, 1.807) is 24.3 Å². The second-order valence-electron chi connectivity index (χ2n) is 4.90. The number of benzene rings is 2. The van der Waals surface area contributed by atoms with Crippen molar-refractivity contribution in [2.24, 2.45) is 0 Å². The number of carbonyl (C=O) groups excluding carboxylic acids is 1. The zero-order valence-electron chi connectivity index (χ0n) is 12.7. The molecule has 7 nitrogen and oxygen atoms in total. The van der Waals surface area contributed by atoms with Crippen LogP contribution in [0.5, 0.6) is 23.0 Å². The number of aromatic amines is 1. The van der Waals surface area contributed by atoms with Crippen LogP contribution in [0.1, 0.15) is 10.4 Å². The molecule has 0 unspecified atom stereocenters. The first kappa shape index (κ1) is 15.4. The van der Waals surface area contributed by atoms with Gasteiger partial charge in [0, 0.05) is 11.6 Å². The summed E-state index contributed by atoms with van der Waals surface area (Å²) in [7, 11) is 1.29. The first-order valence-electron chi connectivity index (χ1n) is 7.01. The number of para-hydroxylation sites is 1. The maximum absolute atomic E-state index is 11.8. The van der Waals surface area contributed by atoms with E-state index < -0.39 is 5.97 Å². The van der Waals surface area contributed by atoms with Crippen molar-refractivity contribution in [2.45, 2.75) is 0 Å². The van der Waals surface area contributed by atoms with E-state index in [1.807, 2.05) is 0 Å². The Morgan fingerprint density at radius 2 is 1.92 bits per heavy atom. The van der Waals surface area contributed by atoms with E-state index in [0.29, 0.717) is 22.8 Å². The minimum Gasteiger partial charge on any atom is -0.508 e. The topological polar surface area (TPSA) is 105 Å². The Morgan fingerprint density at radius 3 is 2.67 bits per heavy atom. The van der Waals surface area contributed by atoms with Crippen LogP contribution in [-0.4, -0.2) is 33.5 Å². The van der Waals surface area contributed by atoms with E-state index in [-0.39, 0.29) is 17.1 Å². The van der Waals surface area contributed by atoms with Gasteiger partial charge in [-0.1, -0.05) is 12.1 Å². The molecular formula is C17H14N2O5. The Hall–Kier alpha value is -3.48. The molecule has 24 heavy (non-hydrogen) atoms. The van der Waals surface area contributed by atoms with Gasteiger partial charge >= 0.3 is 5.97 Å². The maximum Gasteiger partial charge on any atom is 0.341 e. The predicted octanol–water partition coefficient (Wildman–Crippen LogP) is 3.07. The summed E-state index contributed by atoms with van der Waals surface area (Å²) in [6, 6.07) is 10.8. The highest BCUT2D eigenvalue weighted by molar-refractivity contribution is 5.92. The summed E-state index contributed by atoms with van der Waals surface area (Å²) in [4.78, 5) is 11.8. The van der Waals surface area contributed by atoms with Gasteiger partial charge in [0.05, 0.1) is 13.3 Å². The number of H-pyrrole nitrogens is 1. The smallest absolute Gasteiger partial charge is 0.341 e. The number of methoxy groups -OCH3 is 1. The van der Waals surface area contributed by atoms with Crippen LogP contribution in [0.4, 0.5) is 0 Å². The molecule has 3 aromatic rings. The third-order valence-corrected chi connectivity index (χ3v) is 3.37. The number of carbonyl (C=O) groups is 1. The number of phenols is 2. The number of rotatable bonds is 4. The number of phenolic OH excluding ortho intramolecular Hbond substituents is 2. The van der Waals surface area contributed by atoms with E-state index in [4.69, 9.17) is 9.47 Å². The highest BCUT2D eigenvalue weighted by Gasteiger charge is 2.18. The molecule has 0 bridgehead atoms. The molecule has 0 spiro atoms. The highest BCUT2D eigenvalue weighted by atomic mass is 16.5. The van der Waals surface area contributed by atoms with Gasteiger partial charge in [-0.15, -0.1) is 0 Å². The van der Waals surface area contributed by atoms with Gasteiger partial charge in [0.1, 0.15) is 28.5 Å². The molecule has 0 aliphatic carbocycles. The van der Waals surface area contributed by atoms with Crippen LogP contribution < -0.4 is 4.74 Å². The van der Waals surface area contributed by atoms with Gasteiger partial charge in [0.25, 0.3) is 0 Å².